The zero-order chi connectivity index (χ0) is 25.8. The number of benzene rings is 3. The Kier molecular flexibility index (Phi) is 10.5. The summed E-state index contributed by atoms with van der Waals surface area (Å²) >= 11 is 5.81. The summed E-state index contributed by atoms with van der Waals surface area (Å²) < 4.78 is 26.7. The number of amides is 2. The average Bonchev–Trinajstić information content (AvgIpc) is 2.88. The first kappa shape index (κ1) is 26.9. The monoisotopic (exact) mass is 508 g/mol. The zero-order valence-corrected chi connectivity index (χ0v) is 20.5. The van der Waals surface area contributed by atoms with Gasteiger partial charge in [-0.25, -0.2) is 8.78 Å². The van der Waals surface area contributed by atoms with Crippen molar-refractivity contribution in [1.82, 2.24) is 10.6 Å². The number of hydrogen-bond donors (Lipinski definition) is 2. The first-order valence-electron chi connectivity index (χ1n) is 11.7. The summed E-state index contributed by atoms with van der Waals surface area (Å²) in [6.45, 7) is 0.370. The molecule has 0 aliphatic rings. The molecule has 0 bridgehead atoms. The Bertz CT molecular complexity index is 1160. The summed E-state index contributed by atoms with van der Waals surface area (Å²) in [7, 11) is 0. The first-order chi connectivity index (χ1) is 17.4. The first-order valence-corrected chi connectivity index (χ1v) is 12.1. The number of halogens is 3. The summed E-state index contributed by atoms with van der Waals surface area (Å²) in [6, 6.07) is 19.2. The molecule has 2 N–H and O–H groups in total. The molecule has 0 unspecified atom stereocenters. The van der Waals surface area contributed by atoms with E-state index < -0.39 is 0 Å². The van der Waals surface area contributed by atoms with Crippen LogP contribution >= 0.6 is 11.6 Å². The van der Waals surface area contributed by atoms with Gasteiger partial charge in [0.25, 0.3) is 5.91 Å². The van der Waals surface area contributed by atoms with E-state index in [1.54, 1.807) is 48.5 Å². The zero-order valence-electron chi connectivity index (χ0n) is 19.7. The Morgan fingerprint density at radius 1 is 0.750 bits per heavy atom. The second-order valence-electron chi connectivity index (χ2n) is 8.22. The SMILES string of the molecule is O=C(CCCCC(c1ccc(F)cc1)c1ccc(F)cc1)NCC#CCNC(=O)c1ccc(Cl)cc1. The molecule has 0 spiro atoms. The molecule has 0 aromatic heterocycles. The van der Waals surface area contributed by atoms with Crippen molar-refractivity contribution in [3.8, 4) is 11.8 Å². The van der Waals surface area contributed by atoms with Crippen molar-refractivity contribution in [2.75, 3.05) is 13.1 Å². The van der Waals surface area contributed by atoms with Gasteiger partial charge in [-0.1, -0.05) is 54.1 Å². The van der Waals surface area contributed by atoms with Crippen molar-refractivity contribution in [2.24, 2.45) is 0 Å². The lowest BCUT2D eigenvalue weighted by Gasteiger charge is -2.18. The standard InChI is InChI=1S/C29H27ClF2N2O2/c30-24-13-7-23(8-14-24)29(36)34-20-4-3-19-33-28(35)6-2-1-5-27(21-9-15-25(31)16-10-21)22-11-17-26(32)18-12-22/h7-18,27H,1-2,5-6,19-20H2,(H,33,35)(H,34,36). The van der Waals surface area contributed by atoms with Gasteiger partial charge in [-0.3, -0.25) is 9.59 Å². The molecular formula is C29H27ClF2N2O2. The van der Waals surface area contributed by atoms with Crippen LogP contribution in [-0.2, 0) is 4.79 Å². The van der Waals surface area contributed by atoms with Crippen LogP contribution in [-0.4, -0.2) is 24.9 Å². The number of carbonyl (C=O) groups excluding carboxylic acids is 2. The van der Waals surface area contributed by atoms with Crippen molar-refractivity contribution in [3.05, 3.63) is 106 Å². The maximum Gasteiger partial charge on any atom is 0.252 e. The van der Waals surface area contributed by atoms with E-state index in [1.807, 2.05) is 0 Å². The van der Waals surface area contributed by atoms with E-state index in [-0.39, 0.29) is 42.5 Å². The van der Waals surface area contributed by atoms with Crippen LogP contribution in [0.25, 0.3) is 0 Å². The molecule has 0 aliphatic carbocycles. The van der Waals surface area contributed by atoms with E-state index >= 15 is 0 Å². The van der Waals surface area contributed by atoms with Gasteiger partial charge in [-0.05, 0) is 72.5 Å². The van der Waals surface area contributed by atoms with E-state index in [9.17, 15) is 18.4 Å². The Morgan fingerprint density at radius 3 is 1.83 bits per heavy atom. The van der Waals surface area contributed by atoms with Crippen LogP contribution < -0.4 is 10.6 Å². The molecule has 3 aromatic carbocycles. The molecule has 0 heterocycles. The highest BCUT2D eigenvalue weighted by molar-refractivity contribution is 6.30. The number of unbranched alkanes of at least 4 members (excludes halogenated alkanes) is 1. The fourth-order valence-corrected chi connectivity index (χ4v) is 3.86. The third-order valence-electron chi connectivity index (χ3n) is 5.63. The van der Waals surface area contributed by atoms with Crippen LogP contribution in [0.15, 0.2) is 72.8 Å². The normalized spacial score (nSPS) is 10.4. The minimum atomic E-state index is -0.305. The van der Waals surface area contributed by atoms with Gasteiger partial charge in [-0.15, -0.1) is 0 Å². The molecule has 0 saturated heterocycles. The summed E-state index contributed by atoms with van der Waals surface area (Å²) in [4.78, 5) is 24.1. The van der Waals surface area contributed by atoms with Crippen molar-refractivity contribution < 1.29 is 18.4 Å². The van der Waals surface area contributed by atoms with E-state index in [0.29, 0.717) is 23.4 Å². The Balaban J connectivity index is 1.37. The van der Waals surface area contributed by atoms with Crippen molar-refractivity contribution in [1.29, 1.82) is 0 Å². The number of nitrogens with one attached hydrogen (secondary N) is 2. The lowest BCUT2D eigenvalue weighted by molar-refractivity contribution is -0.120. The minimum absolute atomic E-state index is 0.0109. The lowest BCUT2D eigenvalue weighted by Crippen LogP contribution is -2.25. The Hall–Kier alpha value is -3.69. The molecule has 0 atom stereocenters. The van der Waals surface area contributed by atoms with E-state index in [0.717, 1.165) is 24.0 Å². The smallest absolute Gasteiger partial charge is 0.252 e. The maximum absolute atomic E-state index is 13.4. The van der Waals surface area contributed by atoms with Crippen LogP contribution in [0.5, 0.6) is 0 Å². The summed E-state index contributed by atoms with van der Waals surface area (Å²) in [5, 5.41) is 5.99. The second-order valence-corrected chi connectivity index (χ2v) is 8.66. The van der Waals surface area contributed by atoms with Gasteiger partial charge in [-0.2, -0.15) is 0 Å². The predicted molar refractivity (Wildman–Crippen MR) is 138 cm³/mol. The van der Waals surface area contributed by atoms with Crippen molar-refractivity contribution in [2.45, 2.75) is 31.6 Å². The van der Waals surface area contributed by atoms with Crippen molar-refractivity contribution in [3.63, 3.8) is 0 Å². The average molecular weight is 509 g/mol. The van der Waals surface area contributed by atoms with E-state index in [4.69, 9.17) is 11.6 Å². The van der Waals surface area contributed by atoms with E-state index in [1.165, 1.54) is 24.3 Å². The van der Waals surface area contributed by atoms with Gasteiger partial charge in [0.2, 0.25) is 5.91 Å². The highest BCUT2D eigenvalue weighted by Gasteiger charge is 2.15. The highest BCUT2D eigenvalue weighted by atomic mass is 35.5. The molecule has 7 heteroatoms. The summed E-state index contributed by atoms with van der Waals surface area (Å²) in [5.74, 6) is 4.65. The van der Waals surface area contributed by atoms with Gasteiger partial charge in [0, 0.05) is 22.9 Å². The lowest BCUT2D eigenvalue weighted by atomic mass is 9.87. The molecule has 0 saturated carbocycles. The summed E-state index contributed by atoms with van der Waals surface area (Å²) in [5.41, 5.74) is 2.40. The van der Waals surface area contributed by atoms with Gasteiger partial charge in [0.1, 0.15) is 11.6 Å². The third-order valence-corrected chi connectivity index (χ3v) is 5.89. The van der Waals surface area contributed by atoms with E-state index in [2.05, 4.69) is 22.5 Å². The molecule has 0 radical (unpaired) electrons. The minimum Gasteiger partial charge on any atom is -0.345 e. The molecule has 0 fully saturated rings. The van der Waals surface area contributed by atoms with Gasteiger partial charge in [0.05, 0.1) is 13.1 Å². The van der Waals surface area contributed by atoms with Crippen LogP contribution in [0.1, 0.15) is 53.1 Å². The van der Waals surface area contributed by atoms with Gasteiger partial charge < -0.3 is 10.6 Å². The molecule has 3 aromatic rings. The highest BCUT2D eigenvalue weighted by Crippen LogP contribution is 2.30. The fourth-order valence-electron chi connectivity index (χ4n) is 3.73. The van der Waals surface area contributed by atoms with Crippen LogP contribution in [0, 0.1) is 23.5 Å². The van der Waals surface area contributed by atoms with Crippen LogP contribution in [0.2, 0.25) is 5.02 Å². The third kappa shape index (κ3) is 8.83. The van der Waals surface area contributed by atoms with Gasteiger partial charge in [0.15, 0.2) is 0 Å². The molecule has 36 heavy (non-hydrogen) atoms. The molecule has 0 aliphatic heterocycles. The summed E-state index contributed by atoms with van der Waals surface area (Å²) in [6.07, 6.45) is 2.55. The van der Waals surface area contributed by atoms with Crippen LogP contribution in [0.4, 0.5) is 8.78 Å². The Labute approximate surface area is 215 Å². The predicted octanol–water partition coefficient (Wildman–Crippen LogP) is 5.86. The molecule has 2 amide bonds. The molecule has 186 valence electrons. The van der Waals surface area contributed by atoms with Gasteiger partial charge >= 0.3 is 0 Å². The van der Waals surface area contributed by atoms with Crippen molar-refractivity contribution >= 4 is 23.4 Å². The Morgan fingerprint density at radius 2 is 1.28 bits per heavy atom. The maximum atomic E-state index is 13.4. The second kappa shape index (κ2) is 14.0. The largest absolute Gasteiger partial charge is 0.345 e. The fraction of sp³-hybridized carbons (Fsp3) is 0.241. The quantitative estimate of drug-likeness (QED) is 0.266. The topological polar surface area (TPSA) is 58.2 Å². The number of carbonyl (C=O) groups is 2. The molecular weight excluding hydrogens is 482 g/mol. The molecule has 4 nitrogen and oxygen atoms in total. The van der Waals surface area contributed by atoms with Crippen LogP contribution in [0.3, 0.4) is 0 Å². The number of hydrogen-bond acceptors (Lipinski definition) is 2. The number of rotatable bonds is 10. The molecule has 3 rings (SSSR count).